The van der Waals surface area contributed by atoms with E-state index in [4.69, 9.17) is 13.9 Å². The van der Waals surface area contributed by atoms with Gasteiger partial charge in [-0.3, -0.25) is 14.9 Å². The molecule has 0 fully saturated rings. The van der Waals surface area contributed by atoms with E-state index in [9.17, 15) is 14.4 Å². The van der Waals surface area contributed by atoms with Gasteiger partial charge >= 0.3 is 12.0 Å². The highest BCUT2D eigenvalue weighted by Gasteiger charge is 2.21. The van der Waals surface area contributed by atoms with E-state index in [0.717, 1.165) is 5.39 Å². The van der Waals surface area contributed by atoms with E-state index >= 15 is 0 Å². The molecule has 1 atom stereocenters. The third-order valence-corrected chi connectivity index (χ3v) is 3.45. The quantitative estimate of drug-likeness (QED) is 0.771. The number of ether oxygens (including phenoxy) is 2. The van der Waals surface area contributed by atoms with Crippen LogP contribution in [-0.2, 0) is 20.7 Å². The smallest absolute Gasteiger partial charge is 0.321 e. The van der Waals surface area contributed by atoms with E-state index in [0.29, 0.717) is 23.4 Å². The lowest BCUT2D eigenvalue weighted by molar-refractivity contribution is -0.153. The molecule has 1 aromatic heterocycles. The van der Waals surface area contributed by atoms with Gasteiger partial charge in [0.2, 0.25) is 0 Å². The van der Waals surface area contributed by atoms with Gasteiger partial charge in [0.15, 0.2) is 6.10 Å². The molecule has 0 aliphatic heterocycles. The maximum atomic E-state index is 12.0. The van der Waals surface area contributed by atoms with Crippen LogP contribution in [-0.4, -0.2) is 37.7 Å². The first-order chi connectivity index (χ1) is 11.9. The third kappa shape index (κ3) is 4.72. The molecule has 0 saturated carbocycles. The Morgan fingerprint density at radius 3 is 2.72 bits per heavy atom. The van der Waals surface area contributed by atoms with Crippen LogP contribution in [0.3, 0.4) is 0 Å². The Morgan fingerprint density at radius 1 is 1.28 bits per heavy atom. The maximum absolute atomic E-state index is 12.0. The third-order valence-electron chi connectivity index (χ3n) is 3.45. The van der Waals surface area contributed by atoms with E-state index < -0.39 is 24.0 Å². The molecule has 1 unspecified atom stereocenters. The summed E-state index contributed by atoms with van der Waals surface area (Å²) in [6.45, 7) is 3.49. The van der Waals surface area contributed by atoms with Crippen molar-refractivity contribution < 1.29 is 28.3 Å². The monoisotopic (exact) mass is 348 g/mol. The van der Waals surface area contributed by atoms with Crippen LogP contribution < -0.4 is 15.4 Å². The molecular weight excluding hydrogens is 328 g/mol. The van der Waals surface area contributed by atoms with Crippen molar-refractivity contribution in [2.75, 3.05) is 13.7 Å². The predicted molar refractivity (Wildman–Crippen MR) is 89.2 cm³/mol. The zero-order valence-corrected chi connectivity index (χ0v) is 14.3. The van der Waals surface area contributed by atoms with Crippen molar-refractivity contribution in [2.45, 2.75) is 26.4 Å². The fraction of sp³-hybridized carbons (Fsp3) is 0.353. The molecular formula is C17H20N2O6. The number of methoxy groups -OCH3 is 1. The molecule has 0 aliphatic rings. The lowest BCUT2D eigenvalue weighted by Gasteiger charge is -2.12. The first-order valence-corrected chi connectivity index (χ1v) is 7.76. The zero-order chi connectivity index (χ0) is 18.4. The average Bonchev–Trinajstić information content (AvgIpc) is 2.96. The van der Waals surface area contributed by atoms with Crippen molar-refractivity contribution in [3.05, 3.63) is 30.0 Å². The van der Waals surface area contributed by atoms with Crippen LogP contribution in [0.2, 0.25) is 0 Å². The Morgan fingerprint density at radius 2 is 2.04 bits per heavy atom. The molecule has 1 aromatic carbocycles. The minimum absolute atomic E-state index is 0.0574. The van der Waals surface area contributed by atoms with Crippen molar-refractivity contribution >= 4 is 28.9 Å². The zero-order valence-electron chi connectivity index (χ0n) is 14.3. The van der Waals surface area contributed by atoms with Gasteiger partial charge in [-0.1, -0.05) is 0 Å². The number of fused-ring (bicyclic) bond motifs is 1. The predicted octanol–water partition coefficient (Wildman–Crippen LogP) is 1.76. The molecule has 0 radical (unpaired) electrons. The summed E-state index contributed by atoms with van der Waals surface area (Å²) in [6.07, 6.45) is 0.316. The molecule has 0 bridgehead atoms. The Balaban J connectivity index is 1.96. The number of rotatable bonds is 6. The van der Waals surface area contributed by atoms with Gasteiger partial charge < -0.3 is 19.2 Å². The second-order valence-corrected chi connectivity index (χ2v) is 5.28. The lowest BCUT2D eigenvalue weighted by Crippen LogP contribution is -2.44. The molecule has 2 rings (SSSR count). The summed E-state index contributed by atoms with van der Waals surface area (Å²) in [6, 6.07) is 4.62. The highest BCUT2D eigenvalue weighted by molar-refractivity contribution is 5.97. The van der Waals surface area contributed by atoms with Gasteiger partial charge in [0.05, 0.1) is 19.8 Å². The lowest BCUT2D eigenvalue weighted by atomic mass is 10.1. The van der Waals surface area contributed by atoms with Gasteiger partial charge in [-0.15, -0.1) is 0 Å². The van der Waals surface area contributed by atoms with E-state index in [-0.39, 0.29) is 6.42 Å². The number of hydrogen-bond acceptors (Lipinski definition) is 6. The first-order valence-electron chi connectivity index (χ1n) is 7.76. The minimum atomic E-state index is -1.09. The van der Waals surface area contributed by atoms with Crippen LogP contribution in [0, 0.1) is 0 Å². The van der Waals surface area contributed by atoms with E-state index in [1.165, 1.54) is 13.2 Å². The molecule has 8 nitrogen and oxygen atoms in total. The minimum Gasteiger partial charge on any atom is -0.497 e. The number of carbonyl (C=O) groups excluding carboxylic acids is 3. The molecule has 0 aliphatic carbocycles. The van der Waals surface area contributed by atoms with Gasteiger partial charge in [-0.25, -0.2) is 4.79 Å². The second kappa shape index (κ2) is 8.18. The molecule has 25 heavy (non-hydrogen) atoms. The number of hydrogen-bond donors (Lipinski definition) is 2. The Labute approximate surface area is 144 Å². The number of nitrogens with one attached hydrogen (secondary N) is 2. The Kier molecular flexibility index (Phi) is 5.99. The molecule has 2 aromatic rings. The Bertz CT molecular complexity index is 783. The summed E-state index contributed by atoms with van der Waals surface area (Å²) in [5.74, 6) is -0.648. The number of benzene rings is 1. The second-order valence-electron chi connectivity index (χ2n) is 5.28. The average molecular weight is 348 g/mol. The first kappa shape index (κ1) is 18.3. The molecule has 134 valence electrons. The van der Waals surface area contributed by atoms with Crippen molar-refractivity contribution in [2.24, 2.45) is 0 Å². The van der Waals surface area contributed by atoms with Gasteiger partial charge in [0, 0.05) is 23.6 Å². The number of imide groups is 1. The van der Waals surface area contributed by atoms with Crippen LogP contribution in [0.15, 0.2) is 28.9 Å². The molecule has 0 spiro atoms. The van der Waals surface area contributed by atoms with Gasteiger partial charge in [0.25, 0.3) is 5.91 Å². The van der Waals surface area contributed by atoms with Gasteiger partial charge in [-0.2, -0.15) is 0 Å². The number of furan rings is 1. The standard InChI is InChI=1S/C17H20N2O6/c1-4-18-17(22)19-16(21)10(2)25-15(20)7-11-9-24-14-8-12(23-3)5-6-13(11)14/h5-6,8-10H,4,7H2,1-3H3,(H2,18,19,21,22). The van der Waals surface area contributed by atoms with Crippen LogP contribution in [0.4, 0.5) is 4.79 Å². The number of urea groups is 1. The van der Waals surface area contributed by atoms with Crippen molar-refractivity contribution in [3.8, 4) is 5.75 Å². The van der Waals surface area contributed by atoms with E-state index in [2.05, 4.69) is 10.6 Å². The van der Waals surface area contributed by atoms with Crippen LogP contribution in [0.5, 0.6) is 5.75 Å². The summed E-state index contributed by atoms with van der Waals surface area (Å²) in [4.78, 5) is 35.1. The Hall–Kier alpha value is -3.03. The van der Waals surface area contributed by atoms with Gasteiger partial charge in [-0.05, 0) is 26.0 Å². The SMILES string of the molecule is CCNC(=O)NC(=O)C(C)OC(=O)Cc1coc2cc(OC)ccc12. The highest BCUT2D eigenvalue weighted by atomic mass is 16.5. The number of esters is 1. The van der Waals surface area contributed by atoms with Crippen molar-refractivity contribution in [3.63, 3.8) is 0 Å². The summed E-state index contributed by atoms with van der Waals surface area (Å²) < 4.78 is 15.6. The maximum Gasteiger partial charge on any atom is 0.321 e. The molecule has 2 N–H and O–H groups in total. The van der Waals surface area contributed by atoms with Crippen molar-refractivity contribution in [1.29, 1.82) is 0 Å². The summed E-state index contributed by atoms with van der Waals surface area (Å²) in [5, 5.41) is 5.27. The largest absolute Gasteiger partial charge is 0.497 e. The van der Waals surface area contributed by atoms with Crippen LogP contribution >= 0.6 is 0 Å². The van der Waals surface area contributed by atoms with Crippen LogP contribution in [0.1, 0.15) is 19.4 Å². The number of carbonyl (C=O) groups is 3. The molecule has 8 heteroatoms. The fourth-order valence-corrected chi connectivity index (χ4v) is 2.19. The van der Waals surface area contributed by atoms with Gasteiger partial charge in [0.1, 0.15) is 11.3 Å². The van der Waals surface area contributed by atoms with Crippen molar-refractivity contribution in [1.82, 2.24) is 10.6 Å². The normalized spacial score (nSPS) is 11.6. The molecule has 1 heterocycles. The van der Waals surface area contributed by atoms with Crippen LogP contribution in [0.25, 0.3) is 11.0 Å². The summed E-state index contributed by atoms with van der Waals surface area (Å²) >= 11 is 0. The molecule has 0 saturated heterocycles. The summed E-state index contributed by atoms with van der Waals surface area (Å²) in [5.41, 5.74) is 1.23. The topological polar surface area (TPSA) is 107 Å². The molecule has 3 amide bonds. The van der Waals surface area contributed by atoms with E-state index in [1.54, 1.807) is 32.2 Å². The van der Waals surface area contributed by atoms with E-state index in [1.807, 2.05) is 0 Å². The fourth-order valence-electron chi connectivity index (χ4n) is 2.19. The number of amides is 3. The summed E-state index contributed by atoms with van der Waals surface area (Å²) in [7, 11) is 1.55. The highest BCUT2D eigenvalue weighted by Crippen LogP contribution is 2.26.